The molecule has 0 aliphatic heterocycles. The Morgan fingerprint density at radius 2 is 1.66 bits per heavy atom. The van der Waals surface area contributed by atoms with Gasteiger partial charge in [-0.15, -0.1) is 0 Å². The maximum atomic E-state index is 13.1. The highest BCUT2D eigenvalue weighted by molar-refractivity contribution is 7.98. The largest absolute Gasteiger partial charge is 0.508 e. The van der Waals surface area contributed by atoms with E-state index in [0.29, 0.717) is 50.7 Å². The number of aliphatic carboxylic acids is 1. The van der Waals surface area contributed by atoms with Crippen LogP contribution in [0.25, 0.3) is 22.3 Å². The highest BCUT2D eigenvalue weighted by Crippen LogP contribution is 2.47. The Kier molecular flexibility index (Phi) is 6.95. The van der Waals surface area contributed by atoms with Crippen molar-refractivity contribution in [2.24, 2.45) is 5.73 Å². The molecule has 1 heterocycles. The molecule has 0 bridgehead atoms. The number of ether oxygens (including phenoxy) is 2. The van der Waals surface area contributed by atoms with Gasteiger partial charge in [0.2, 0.25) is 0 Å². The van der Waals surface area contributed by atoms with E-state index >= 15 is 0 Å². The van der Waals surface area contributed by atoms with Crippen molar-refractivity contribution < 1.29 is 28.9 Å². The molecule has 0 spiro atoms. The van der Waals surface area contributed by atoms with Crippen molar-refractivity contribution in [1.82, 2.24) is 0 Å². The number of carboxylic acid groups (broad SMARTS) is 1. The molecule has 0 fully saturated rings. The number of fused-ring (bicyclic) bond motifs is 1. The third-order valence-electron chi connectivity index (χ3n) is 6.20. The van der Waals surface area contributed by atoms with Crippen LogP contribution in [0.5, 0.6) is 17.2 Å². The Morgan fingerprint density at radius 1 is 1.03 bits per heavy atom. The van der Waals surface area contributed by atoms with Crippen LogP contribution in [0, 0.1) is 0 Å². The molecule has 182 valence electrons. The first-order valence-corrected chi connectivity index (χ1v) is 12.3. The Morgan fingerprint density at radius 3 is 2.23 bits per heavy atom. The number of carbonyl (C=O) groups is 1. The highest BCUT2D eigenvalue weighted by Gasteiger charge is 2.48. The summed E-state index contributed by atoms with van der Waals surface area (Å²) < 4.78 is 16.9. The van der Waals surface area contributed by atoms with E-state index in [0.717, 1.165) is 0 Å². The van der Waals surface area contributed by atoms with Crippen LogP contribution in [0.15, 0.2) is 71.1 Å². The number of hydrogen-bond acceptors (Lipinski definition) is 7. The molecule has 0 amide bonds. The Bertz CT molecular complexity index is 1330. The summed E-state index contributed by atoms with van der Waals surface area (Å²) >= 11 is 1.50. The van der Waals surface area contributed by atoms with Gasteiger partial charge in [-0.3, -0.25) is 0 Å². The van der Waals surface area contributed by atoms with E-state index in [9.17, 15) is 15.0 Å². The summed E-state index contributed by atoms with van der Waals surface area (Å²) in [5, 5.41) is 21.1. The third-order valence-corrected chi connectivity index (χ3v) is 6.86. The number of nitrogens with two attached hydrogens (primary N) is 1. The first-order chi connectivity index (χ1) is 16.8. The van der Waals surface area contributed by atoms with Crippen molar-refractivity contribution >= 4 is 28.7 Å². The average molecular weight is 494 g/mol. The summed E-state index contributed by atoms with van der Waals surface area (Å²) in [7, 11) is 3.13. The number of furan rings is 1. The maximum Gasteiger partial charge on any atom is 0.329 e. The van der Waals surface area contributed by atoms with Crippen molar-refractivity contribution in [3.8, 4) is 28.6 Å². The van der Waals surface area contributed by atoms with E-state index in [1.165, 1.54) is 23.9 Å². The molecule has 4 aromatic rings. The van der Waals surface area contributed by atoms with Crippen LogP contribution in [0.4, 0.5) is 0 Å². The van der Waals surface area contributed by atoms with Crippen LogP contribution in [-0.4, -0.2) is 42.4 Å². The van der Waals surface area contributed by atoms with E-state index in [4.69, 9.17) is 19.6 Å². The summed E-state index contributed by atoms with van der Waals surface area (Å²) in [6.07, 6.45) is 1.90. The second-order valence-electron chi connectivity index (χ2n) is 8.17. The maximum absolute atomic E-state index is 13.1. The molecule has 0 saturated heterocycles. The van der Waals surface area contributed by atoms with Gasteiger partial charge in [-0.2, -0.15) is 11.8 Å². The van der Waals surface area contributed by atoms with Crippen molar-refractivity contribution in [2.45, 2.75) is 11.5 Å². The fourth-order valence-corrected chi connectivity index (χ4v) is 5.14. The van der Waals surface area contributed by atoms with Crippen LogP contribution in [0.3, 0.4) is 0 Å². The van der Waals surface area contributed by atoms with E-state index < -0.39 is 17.4 Å². The molecule has 8 heteroatoms. The van der Waals surface area contributed by atoms with Gasteiger partial charge in [0.15, 0.2) is 5.54 Å². The van der Waals surface area contributed by atoms with Crippen molar-refractivity contribution in [2.75, 3.05) is 26.2 Å². The zero-order valence-electron chi connectivity index (χ0n) is 19.6. The van der Waals surface area contributed by atoms with Crippen molar-refractivity contribution in [1.29, 1.82) is 0 Å². The fraction of sp³-hybridized carbons (Fsp3) is 0.222. The molecular formula is C27H27NO6S. The molecule has 2 unspecified atom stereocenters. The van der Waals surface area contributed by atoms with Gasteiger partial charge in [-0.25, -0.2) is 4.79 Å². The van der Waals surface area contributed by atoms with Crippen molar-refractivity contribution in [3.05, 3.63) is 77.9 Å². The third kappa shape index (κ3) is 4.42. The number of carboxylic acids is 1. The molecule has 4 N–H and O–H groups in total. The number of aromatic hydroxyl groups is 1. The highest BCUT2D eigenvalue weighted by atomic mass is 32.2. The molecule has 3 aromatic carbocycles. The minimum Gasteiger partial charge on any atom is -0.508 e. The SMILES string of the molecule is COc1ccc(-c2oc3cc(OC)ccc3c2C(N)(C(=O)O)C(CSC)c2ccc(O)cc2)cc1. The van der Waals surface area contributed by atoms with Crippen LogP contribution >= 0.6 is 11.8 Å². The molecule has 4 rings (SSSR count). The van der Waals surface area contributed by atoms with Gasteiger partial charge in [0.05, 0.1) is 14.2 Å². The van der Waals surface area contributed by atoms with E-state index in [-0.39, 0.29) is 5.75 Å². The van der Waals surface area contributed by atoms with E-state index in [2.05, 4.69) is 0 Å². The number of methoxy groups -OCH3 is 2. The monoisotopic (exact) mass is 493 g/mol. The lowest BCUT2D eigenvalue weighted by Gasteiger charge is -2.34. The average Bonchev–Trinajstić information content (AvgIpc) is 3.26. The first kappa shape index (κ1) is 24.5. The lowest BCUT2D eigenvalue weighted by molar-refractivity contribution is -0.144. The smallest absolute Gasteiger partial charge is 0.329 e. The predicted molar refractivity (Wildman–Crippen MR) is 137 cm³/mol. The van der Waals surface area contributed by atoms with E-state index in [1.54, 1.807) is 56.7 Å². The Labute approximate surface area is 207 Å². The lowest BCUT2D eigenvalue weighted by Crippen LogP contribution is -2.51. The number of phenols is 1. The van der Waals surface area contributed by atoms with Gasteiger partial charge >= 0.3 is 5.97 Å². The summed E-state index contributed by atoms with van der Waals surface area (Å²) in [5.74, 6) is 0.317. The van der Waals surface area contributed by atoms with Gasteiger partial charge in [0, 0.05) is 34.3 Å². The quantitative estimate of drug-likeness (QED) is 0.291. The Hall–Kier alpha value is -3.62. The van der Waals surface area contributed by atoms with Gasteiger partial charge in [0.25, 0.3) is 0 Å². The number of phenolic OH excluding ortho intramolecular Hbond substituents is 1. The predicted octanol–water partition coefficient (Wildman–Crippen LogP) is 5.21. The van der Waals surface area contributed by atoms with Crippen LogP contribution in [-0.2, 0) is 10.3 Å². The van der Waals surface area contributed by atoms with Crippen LogP contribution in [0.1, 0.15) is 17.0 Å². The minimum absolute atomic E-state index is 0.0920. The molecule has 0 saturated carbocycles. The van der Waals surface area contributed by atoms with Gasteiger partial charge < -0.3 is 29.8 Å². The second-order valence-corrected chi connectivity index (χ2v) is 9.08. The summed E-state index contributed by atoms with van der Waals surface area (Å²) in [6, 6.07) is 18.9. The normalized spacial score (nSPS) is 13.8. The summed E-state index contributed by atoms with van der Waals surface area (Å²) in [5.41, 5.74) is 7.30. The van der Waals surface area contributed by atoms with Crippen molar-refractivity contribution in [3.63, 3.8) is 0 Å². The zero-order chi connectivity index (χ0) is 25.2. The minimum atomic E-state index is -1.85. The van der Waals surface area contributed by atoms with E-state index in [1.807, 2.05) is 18.4 Å². The number of thioether (sulfide) groups is 1. The Balaban J connectivity index is 2.03. The molecule has 35 heavy (non-hydrogen) atoms. The lowest BCUT2D eigenvalue weighted by atomic mass is 9.74. The van der Waals surface area contributed by atoms with Gasteiger partial charge in [-0.1, -0.05) is 12.1 Å². The number of hydrogen-bond donors (Lipinski definition) is 3. The molecule has 0 radical (unpaired) electrons. The molecule has 2 atom stereocenters. The zero-order valence-corrected chi connectivity index (χ0v) is 20.5. The summed E-state index contributed by atoms with van der Waals surface area (Å²) in [4.78, 5) is 13.1. The van der Waals surface area contributed by atoms with Crippen LogP contribution in [0.2, 0.25) is 0 Å². The number of rotatable bonds is 9. The van der Waals surface area contributed by atoms with Gasteiger partial charge in [-0.05, 0) is 60.4 Å². The standard InChI is InChI=1S/C27H27NO6S/c1-32-19-10-6-17(7-11-19)25-24(21-13-12-20(33-2)14-23(21)34-25)27(28,26(30)31)22(15-35-3)16-4-8-18(29)9-5-16/h4-14,22,29H,15,28H2,1-3H3,(H,30,31). The molecular weight excluding hydrogens is 466 g/mol. The molecule has 1 aromatic heterocycles. The van der Waals surface area contributed by atoms with Gasteiger partial charge in [0.1, 0.15) is 28.6 Å². The molecule has 7 nitrogen and oxygen atoms in total. The molecule has 0 aliphatic carbocycles. The first-order valence-electron chi connectivity index (χ1n) is 10.9. The topological polar surface area (TPSA) is 115 Å². The molecule has 0 aliphatic rings. The van der Waals surface area contributed by atoms with Crippen LogP contribution < -0.4 is 15.2 Å². The number of benzene rings is 3. The fourth-order valence-electron chi connectivity index (χ4n) is 4.35. The second kappa shape index (κ2) is 9.93. The summed E-state index contributed by atoms with van der Waals surface area (Å²) in [6.45, 7) is 0.